The highest BCUT2D eigenvalue weighted by Crippen LogP contribution is 2.27. The molecule has 1 aromatic heterocycles. The molecule has 12 heavy (non-hydrogen) atoms. The normalized spacial score (nSPS) is 16.9. The summed E-state index contributed by atoms with van der Waals surface area (Å²) in [7, 11) is 0. The molecular formula is C9H11N3. The fourth-order valence-electron chi connectivity index (χ4n) is 1.52. The summed E-state index contributed by atoms with van der Waals surface area (Å²) in [6.45, 7) is 0.975. The highest BCUT2D eigenvalue weighted by molar-refractivity contribution is 5.11. The summed E-state index contributed by atoms with van der Waals surface area (Å²) in [4.78, 5) is 3.95. The lowest BCUT2D eigenvalue weighted by atomic mass is 9.85. The molecule has 0 saturated heterocycles. The SMILES string of the molecule is N#Cc1nccn1CC1CCC1. The van der Waals surface area contributed by atoms with Gasteiger partial charge >= 0.3 is 0 Å². The Kier molecular flexibility index (Phi) is 1.83. The summed E-state index contributed by atoms with van der Waals surface area (Å²) in [6.07, 6.45) is 7.54. The zero-order valence-corrected chi connectivity index (χ0v) is 6.90. The van der Waals surface area contributed by atoms with Gasteiger partial charge in [-0.25, -0.2) is 4.98 Å². The molecule has 62 valence electrons. The van der Waals surface area contributed by atoms with E-state index in [0.717, 1.165) is 12.5 Å². The van der Waals surface area contributed by atoms with E-state index < -0.39 is 0 Å². The van der Waals surface area contributed by atoms with E-state index in [4.69, 9.17) is 5.26 Å². The zero-order chi connectivity index (χ0) is 8.39. The number of rotatable bonds is 2. The number of aromatic nitrogens is 2. The number of imidazole rings is 1. The first-order chi connectivity index (χ1) is 5.90. The summed E-state index contributed by atoms with van der Waals surface area (Å²) in [5.41, 5.74) is 0. The molecule has 3 heteroatoms. The molecule has 3 nitrogen and oxygen atoms in total. The maximum absolute atomic E-state index is 8.68. The number of hydrogen-bond donors (Lipinski definition) is 0. The van der Waals surface area contributed by atoms with Crippen LogP contribution in [0.4, 0.5) is 0 Å². The van der Waals surface area contributed by atoms with E-state index in [1.807, 2.05) is 10.8 Å². The average Bonchev–Trinajstić information content (AvgIpc) is 2.43. The second kappa shape index (κ2) is 2.98. The first kappa shape index (κ1) is 7.35. The Morgan fingerprint density at radius 3 is 3.08 bits per heavy atom. The van der Waals surface area contributed by atoms with E-state index in [2.05, 4.69) is 11.1 Å². The molecular weight excluding hydrogens is 150 g/mol. The van der Waals surface area contributed by atoms with Gasteiger partial charge in [-0.1, -0.05) is 6.42 Å². The van der Waals surface area contributed by atoms with Crippen LogP contribution >= 0.6 is 0 Å². The van der Waals surface area contributed by atoms with Gasteiger partial charge in [0.15, 0.2) is 0 Å². The fraction of sp³-hybridized carbons (Fsp3) is 0.556. The van der Waals surface area contributed by atoms with E-state index in [1.165, 1.54) is 19.3 Å². The van der Waals surface area contributed by atoms with Gasteiger partial charge < -0.3 is 4.57 Å². The van der Waals surface area contributed by atoms with Gasteiger partial charge in [-0.3, -0.25) is 0 Å². The Balaban J connectivity index is 2.06. The first-order valence-electron chi connectivity index (χ1n) is 4.31. The van der Waals surface area contributed by atoms with Crippen LogP contribution in [0, 0.1) is 17.2 Å². The van der Waals surface area contributed by atoms with Crippen molar-refractivity contribution < 1.29 is 0 Å². The van der Waals surface area contributed by atoms with E-state index >= 15 is 0 Å². The number of nitriles is 1. The van der Waals surface area contributed by atoms with Crippen molar-refractivity contribution >= 4 is 0 Å². The second-order valence-electron chi connectivity index (χ2n) is 3.31. The average molecular weight is 161 g/mol. The largest absolute Gasteiger partial charge is 0.322 e. The number of nitrogens with zero attached hydrogens (tertiary/aromatic N) is 3. The van der Waals surface area contributed by atoms with Crippen molar-refractivity contribution in [3.63, 3.8) is 0 Å². The molecule has 0 unspecified atom stereocenters. The first-order valence-corrected chi connectivity index (χ1v) is 4.31. The fourth-order valence-corrected chi connectivity index (χ4v) is 1.52. The third-order valence-corrected chi connectivity index (χ3v) is 2.50. The molecule has 0 amide bonds. The van der Waals surface area contributed by atoms with Crippen LogP contribution in [0.1, 0.15) is 25.1 Å². The minimum absolute atomic E-state index is 0.543. The Morgan fingerprint density at radius 1 is 1.67 bits per heavy atom. The van der Waals surface area contributed by atoms with Crippen molar-refractivity contribution in [2.45, 2.75) is 25.8 Å². The summed E-state index contributed by atoms with van der Waals surface area (Å²) < 4.78 is 1.95. The van der Waals surface area contributed by atoms with Gasteiger partial charge in [-0.15, -0.1) is 0 Å². The van der Waals surface area contributed by atoms with Crippen molar-refractivity contribution in [3.8, 4) is 6.07 Å². The van der Waals surface area contributed by atoms with Gasteiger partial charge in [0.25, 0.3) is 0 Å². The summed E-state index contributed by atoms with van der Waals surface area (Å²) >= 11 is 0. The Hall–Kier alpha value is -1.30. The lowest BCUT2D eigenvalue weighted by Gasteiger charge is -2.25. The predicted octanol–water partition coefficient (Wildman–Crippen LogP) is 1.55. The molecule has 0 N–H and O–H groups in total. The van der Waals surface area contributed by atoms with Crippen LogP contribution in [-0.2, 0) is 6.54 Å². The van der Waals surface area contributed by atoms with Crippen molar-refractivity contribution in [1.82, 2.24) is 9.55 Å². The quantitative estimate of drug-likeness (QED) is 0.660. The maximum atomic E-state index is 8.68. The van der Waals surface area contributed by atoms with E-state index in [0.29, 0.717) is 5.82 Å². The van der Waals surface area contributed by atoms with Crippen LogP contribution in [0.2, 0.25) is 0 Å². The van der Waals surface area contributed by atoms with Crippen molar-refractivity contribution in [1.29, 1.82) is 5.26 Å². The molecule has 1 saturated carbocycles. The lowest BCUT2D eigenvalue weighted by Crippen LogP contribution is -2.18. The van der Waals surface area contributed by atoms with Gasteiger partial charge in [0.2, 0.25) is 5.82 Å². The Morgan fingerprint density at radius 2 is 2.50 bits per heavy atom. The molecule has 0 aromatic carbocycles. The van der Waals surface area contributed by atoms with Crippen LogP contribution in [0.15, 0.2) is 12.4 Å². The molecule has 1 fully saturated rings. The van der Waals surface area contributed by atoms with Crippen LogP contribution in [0.25, 0.3) is 0 Å². The third-order valence-electron chi connectivity index (χ3n) is 2.50. The Labute approximate surface area is 71.6 Å². The second-order valence-corrected chi connectivity index (χ2v) is 3.31. The maximum Gasteiger partial charge on any atom is 0.212 e. The predicted molar refractivity (Wildman–Crippen MR) is 44.3 cm³/mol. The molecule has 1 aliphatic carbocycles. The molecule has 0 atom stereocenters. The topological polar surface area (TPSA) is 41.6 Å². The van der Waals surface area contributed by atoms with Crippen LogP contribution in [0.5, 0.6) is 0 Å². The van der Waals surface area contributed by atoms with Crippen LogP contribution in [0.3, 0.4) is 0 Å². The van der Waals surface area contributed by atoms with Gasteiger partial charge in [-0.05, 0) is 18.8 Å². The number of hydrogen-bond acceptors (Lipinski definition) is 2. The summed E-state index contributed by atoms with van der Waals surface area (Å²) in [6, 6.07) is 2.08. The van der Waals surface area contributed by atoms with E-state index in [1.54, 1.807) is 6.20 Å². The van der Waals surface area contributed by atoms with Gasteiger partial charge in [0, 0.05) is 18.9 Å². The summed E-state index contributed by atoms with van der Waals surface area (Å²) in [5, 5.41) is 8.68. The van der Waals surface area contributed by atoms with E-state index in [-0.39, 0.29) is 0 Å². The molecule has 0 bridgehead atoms. The molecule has 1 aromatic rings. The molecule has 0 aliphatic heterocycles. The molecule has 0 spiro atoms. The lowest BCUT2D eigenvalue weighted by molar-refractivity contribution is 0.276. The van der Waals surface area contributed by atoms with Gasteiger partial charge in [0.05, 0.1) is 0 Å². The highest BCUT2D eigenvalue weighted by atomic mass is 15.1. The standard InChI is InChI=1S/C9H11N3/c10-6-9-11-4-5-12(9)7-8-2-1-3-8/h4-5,8H,1-3,7H2. The van der Waals surface area contributed by atoms with Gasteiger partial charge in [0.1, 0.15) is 6.07 Å². The third kappa shape index (κ3) is 1.20. The highest BCUT2D eigenvalue weighted by Gasteiger charge is 2.18. The van der Waals surface area contributed by atoms with E-state index in [9.17, 15) is 0 Å². The minimum Gasteiger partial charge on any atom is -0.322 e. The molecule has 1 aliphatic rings. The van der Waals surface area contributed by atoms with Gasteiger partial charge in [-0.2, -0.15) is 5.26 Å². The zero-order valence-electron chi connectivity index (χ0n) is 6.90. The van der Waals surface area contributed by atoms with Crippen molar-refractivity contribution in [2.75, 3.05) is 0 Å². The minimum atomic E-state index is 0.543. The van der Waals surface area contributed by atoms with Crippen LogP contribution in [-0.4, -0.2) is 9.55 Å². The Bertz CT molecular complexity index is 304. The van der Waals surface area contributed by atoms with Crippen LogP contribution < -0.4 is 0 Å². The molecule has 1 heterocycles. The smallest absolute Gasteiger partial charge is 0.212 e. The van der Waals surface area contributed by atoms with Crippen molar-refractivity contribution in [2.24, 2.45) is 5.92 Å². The monoisotopic (exact) mass is 161 g/mol. The molecule has 0 radical (unpaired) electrons. The summed E-state index contributed by atoms with van der Waals surface area (Å²) in [5.74, 6) is 1.33. The van der Waals surface area contributed by atoms with Crippen molar-refractivity contribution in [3.05, 3.63) is 18.2 Å². The molecule has 2 rings (SSSR count).